The van der Waals surface area contributed by atoms with E-state index in [9.17, 15) is 4.79 Å². The molecular formula is C19H17NO5. The number of oxazole rings is 1. The second-order valence-corrected chi connectivity index (χ2v) is 5.19. The summed E-state index contributed by atoms with van der Waals surface area (Å²) < 4.78 is 21.6. The summed E-state index contributed by atoms with van der Waals surface area (Å²) in [4.78, 5) is 15.2. The molecule has 1 aromatic heterocycles. The van der Waals surface area contributed by atoms with Gasteiger partial charge in [-0.1, -0.05) is 0 Å². The van der Waals surface area contributed by atoms with Gasteiger partial charge in [0.05, 0.1) is 14.2 Å². The Morgan fingerprint density at radius 2 is 1.84 bits per heavy atom. The maximum Gasteiger partial charge on any atom is 0.226 e. The summed E-state index contributed by atoms with van der Waals surface area (Å²) >= 11 is 0. The van der Waals surface area contributed by atoms with Crippen LogP contribution in [0.3, 0.4) is 0 Å². The molecule has 0 saturated carbocycles. The summed E-state index contributed by atoms with van der Waals surface area (Å²) in [6.45, 7) is 0.219. The van der Waals surface area contributed by atoms with Crippen LogP contribution in [0.15, 0.2) is 53.1 Å². The highest BCUT2D eigenvalue weighted by Crippen LogP contribution is 2.29. The Hall–Kier alpha value is -3.28. The monoisotopic (exact) mass is 339 g/mol. The zero-order valence-corrected chi connectivity index (χ0v) is 13.9. The first-order valence-corrected chi connectivity index (χ1v) is 7.58. The molecule has 1 heterocycles. The maximum atomic E-state index is 10.8. The molecule has 0 aliphatic heterocycles. The number of nitrogens with zero attached hydrogens (tertiary/aromatic N) is 1. The number of methoxy groups -OCH3 is 2. The van der Waals surface area contributed by atoms with Gasteiger partial charge in [-0.15, -0.1) is 0 Å². The van der Waals surface area contributed by atoms with E-state index >= 15 is 0 Å². The highest BCUT2D eigenvalue weighted by Gasteiger charge is 2.10. The average Bonchev–Trinajstić information content (AvgIpc) is 3.15. The molecular weight excluding hydrogens is 322 g/mol. The van der Waals surface area contributed by atoms with Gasteiger partial charge in [0.1, 0.15) is 30.6 Å². The molecule has 0 amide bonds. The number of aldehydes is 1. The predicted molar refractivity (Wildman–Crippen MR) is 91.2 cm³/mol. The first-order valence-electron chi connectivity index (χ1n) is 7.58. The van der Waals surface area contributed by atoms with Crippen molar-refractivity contribution in [3.63, 3.8) is 0 Å². The second kappa shape index (κ2) is 7.53. The average molecular weight is 339 g/mol. The molecule has 2 aromatic carbocycles. The van der Waals surface area contributed by atoms with Gasteiger partial charge in [-0.25, -0.2) is 4.98 Å². The number of hydrogen-bond acceptors (Lipinski definition) is 6. The van der Waals surface area contributed by atoms with Crippen LogP contribution in [0.25, 0.3) is 11.5 Å². The minimum Gasteiger partial charge on any atom is -0.497 e. The Morgan fingerprint density at radius 1 is 1.04 bits per heavy atom. The van der Waals surface area contributed by atoms with Crippen LogP contribution >= 0.6 is 0 Å². The van der Waals surface area contributed by atoms with Crippen LogP contribution in [-0.4, -0.2) is 25.5 Å². The smallest absolute Gasteiger partial charge is 0.226 e. The quantitative estimate of drug-likeness (QED) is 0.611. The lowest BCUT2D eigenvalue weighted by Gasteiger charge is -2.09. The fourth-order valence-electron chi connectivity index (χ4n) is 2.27. The molecule has 0 atom stereocenters. The molecule has 0 saturated heterocycles. The van der Waals surface area contributed by atoms with E-state index in [1.54, 1.807) is 31.6 Å². The van der Waals surface area contributed by atoms with Crippen LogP contribution in [-0.2, 0) is 6.61 Å². The van der Waals surface area contributed by atoms with Gasteiger partial charge in [0.15, 0.2) is 11.5 Å². The van der Waals surface area contributed by atoms with Crippen LogP contribution in [0.2, 0.25) is 0 Å². The van der Waals surface area contributed by atoms with Gasteiger partial charge in [-0.05, 0) is 42.5 Å². The zero-order valence-electron chi connectivity index (χ0n) is 13.9. The van der Waals surface area contributed by atoms with E-state index in [4.69, 9.17) is 18.6 Å². The first kappa shape index (κ1) is 16.6. The molecule has 0 unspecified atom stereocenters. The number of ether oxygens (including phenoxy) is 3. The summed E-state index contributed by atoms with van der Waals surface area (Å²) in [5.41, 5.74) is 2.01. The van der Waals surface area contributed by atoms with E-state index in [1.807, 2.05) is 24.3 Å². The van der Waals surface area contributed by atoms with Crippen molar-refractivity contribution < 1.29 is 23.4 Å². The minimum absolute atomic E-state index is 0.219. The third-order valence-electron chi connectivity index (χ3n) is 3.59. The maximum absolute atomic E-state index is 10.8. The van der Waals surface area contributed by atoms with E-state index in [0.717, 1.165) is 17.6 Å². The number of carbonyl (C=O) groups excluding carboxylic acids is 1. The van der Waals surface area contributed by atoms with Gasteiger partial charge >= 0.3 is 0 Å². The summed E-state index contributed by atoms with van der Waals surface area (Å²) in [6.07, 6.45) is 2.30. The molecule has 128 valence electrons. The zero-order chi connectivity index (χ0) is 17.6. The van der Waals surface area contributed by atoms with Crippen molar-refractivity contribution in [1.29, 1.82) is 0 Å². The largest absolute Gasteiger partial charge is 0.497 e. The number of aromatic nitrogens is 1. The Kier molecular flexibility index (Phi) is 4.99. The molecule has 25 heavy (non-hydrogen) atoms. The summed E-state index contributed by atoms with van der Waals surface area (Å²) in [7, 11) is 3.14. The predicted octanol–water partition coefficient (Wildman–Crippen LogP) is 3.75. The van der Waals surface area contributed by atoms with Crippen molar-refractivity contribution in [2.75, 3.05) is 14.2 Å². The first-order chi connectivity index (χ1) is 12.2. The number of hydrogen-bond donors (Lipinski definition) is 0. The molecule has 0 aliphatic rings. The fraction of sp³-hybridized carbons (Fsp3) is 0.158. The summed E-state index contributed by atoms with van der Waals surface area (Å²) in [5, 5.41) is 0. The standard InChI is InChI=1S/C19H17NO5/c1-22-16-6-4-14(5-7-16)19-20-15(12-25-19)11-24-17-8-3-13(10-21)9-18(17)23-2/h3-10,12H,11H2,1-2H3. The Bertz CT molecular complexity index is 855. The molecule has 3 rings (SSSR count). The van der Waals surface area contributed by atoms with Crippen LogP contribution in [0.5, 0.6) is 17.2 Å². The molecule has 0 radical (unpaired) electrons. The minimum atomic E-state index is 0.219. The normalized spacial score (nSPS) is 10.3. The Morgan fingerprint density at radius 3 is 2.52 bits per heavy atom. The van der Waals surface area contributed by atoms with E-state index < -0.39 is 0 Å². The molecule has 0 fully saturated rings. The molecule has 0 N–H and O–H groups in total. The number of rotatable bonds is 7. The molecule has 6 heteroatoms. The Labute approximate surface area is 145 Å². The molecule has 6 nitrogen and oxygen atoms in total. The SMILES string of the molecule is COc1ccc(-c2nc(COc3ccc(C=O)cc3OC)co2)cc1. The molecule has 0 bridgehead atoms. The van der Waals surface area contributed by atoms with Gasteiger partial charge in [0, 0.05) is 11.1 Å². The molecule has 3 aromatic rings. The van der Waals surface area contributed by atoms with Crippen LogP contribution in [0, 0.1) is 0 Å². The lowest BCUT2D eigenvalue weighted by Crippen LogP contribution is -1.98. The van der Waals surface area contributed by atoms with Gasteiger partial charge in [-0.2, -0.15) is 0 Å². The van der Waals surface area contributed by atoms with Crippen LogP contribution in [0.1, 0.15) is 16.1 Å². The van der Waals surface area contributed by atoms with Crippen molar-refractivity contribution in [3.8, 4) is 28.7 Å². The van der Waals surface area contributed by atoms with Gasteiger partial charge in [0.25, 0.3) is 0 Å². The number of carbonyl (C=O) groups is 1. The van der Waals surface area contributed by atoms with Crippen molar-refractivity contribution in [1.82, 2.24) is 4.98 Å². The van der Waals surface area contributed by atoms with E-state index in [0.29, 0.717) is 28.6 Å². The van der Waals surface area contributed by atoms with Crippen LogP contribution < -0.4 is 14.2 Å². The van der Waals surface area contributed by atoms with Crippen molar-refractivity contribution in [2.24, 2.45) is 0 Å². The van der Waals surface area contributed by atoms with Crippen molar-refractivity contribution in [3.05, 3.63) is 60.0 Å². The fourth-order valence-corrected chi connectivity index (χ4v) is 2.27. The highest BCUT2D eigenvalue weighted by atomic mass is 16.5. The topological polar surface area (TPSA) is 70.8 Å². The van der Waals surface area contributed by atoms with Crippen molar-refractivity contribution >= 4 is 6.29 Å². The van der Waals surface area contributed by atoms with Crippen LogP contribution in [0.4, 0.5) is 0 Å². The van der Waals surface area contributed by atoms with E-state index in [1.165, 1.54) is 7.11 Å². The molecule has 0 aliphatic carbocycles. The highest BCUT2D eigenvalue weighted by molar-refractivity contribution is 5.76. The van der Waals surface area contributed by atoms with Gasteiger partial charge < -0.3 is 18.6 Å². The summed E-state index contributed by atoms with van der Waals surface area (Å²) in [5.74, 6) is 2.29. The molecule has 0 spiro atoms. The lowest BCUT2D eigenvalue weighted by atomic mass is 10.2. The second-order valence-electron chi connectivity index (χ2n) is 5.19. The third-order valence-corrected chi connectivity index (χ3v) is 3.59. The number of benzene rings is 2. The third kappa shape index (κ3) is 3.80. The van der Waals surface area contributed by atoms with Gasteiger partial charge in [-0.3, -0.25) is 4.79 Å². The lowest BCUT2D eigenvalue weighted by molar-refractivity contribution is 0.112. The van der Waals surface area contributed by atoms with E-state index in [-0.39, 0.29) is 6.61 Å². The van der Waals surface area contributed by atoms with Gasteiger partial charge in [0.2, 0.25) is 5.89 Å². The Balaban J connectivity index is 1.70. The van der Waals surface area contributed by atoms with Crippen molar-refractivity contribution in [2.45, 2.75) is 6.61 Å². The van der Waals surface area contributed by atoms with E-state index in [2.05, 4.69) is 4.98 Å². The summed E-state index contributed by atoms with van der Waals surface area (Å²) in [6, 6.07) is 12.4.